The van der Waals surface area contributed by atoms with Crippen LogP contribution in [0.1, 0.15) is 5.82 Å². The van der Waals surface area contributed by atoms with Gasteiger partial charge in [0.2, 0.25) is 0 Å². The van der Waals surface area contributed by atoms with Crippen LogP contribution in [0.2, 0.25) is 5.02 Å². The summed E-state index contributed by atoms with van der Waals surface area (Å²) in [5, 5.41) is 0.576. The molecule has 1 aromatic heterocycles. The number of halogens is 3. The lowest BCUT2D eigenvalue weighted by Crippen LogP contribution is -2.23. The smallest absolute Gasteiger partial charge is 0.266 e. The molecule has 21 heavy (non-hydrogen) atoms. The molecule has 3 nitrogen and oxygen atoms in total. The van der Waals surface area contributed by atoms with Gasteiger partial charge >= 0.3 is 0 Å². The van der Waals surface area contributed by atoms with Crippen molar-refractivity contribution >= 4 is 34.1 Å². The van der Waals surface area contributed by atoms with E-state index in [1.54, 1.807) is 24.3 Å². The molecule has 0 saturated carbocycles. The van der Waals surface area contributed by atoms with Gasteiger partial charge in [-0.3, -0.25) is 9.36 Å². The molecule has 0 aliphatic rings. The van der Waals surface area contributed by atoms with Crippen LogP contribution >= 0.6 is 23.2 Å². The van der Waals surface area contributed by atoms with E-state index in [9.17, 15) is 9.18 Å². The summed E-state index contributed by atoms with van der Waals surface area (Å²) in [5.74, 6) is -0.104. The monoisotopic (exact) mass is 322 g/mol. The van der Waals surface area contributed by atoms with Crippen molar-refractivity contribution in [3.05, 3.63) is 69.5 Å². The minimum Gasteiger partial charge on any atom is -0.268 e. The second kappa shape index (κ2) is 5.47. The van der Waals surface area contributed by atoms with E-state index < -0.39 is 11.4 Å². The Kier molecular flexibility index (Phi) is 3.66. The molecule has 0 unspecified atom stereocenters. The minimum absolute atomic E-state index is 0.0355. The van der Waals surface area contributed by atoms with E-state index in [4.69, 9.17) is 23.2 Å². The molecule has 3 rings (SSSR count). The number of nitrogens with zero attached hydrogens (tertiary/aromatic N) is 2. The van der Waals surface area contributed by atoms with Crippen molar-refractivity contribution < 1.29 is 4.39 Å². The Hall–Kier alpha value is -1.91. The van der Waals surface area contributed by atoms with Crippen LogP contribution in [0, 0.1) is 5.82 Å². The van der Waals surface area contributed by atoms with Gasteiger partial charge in [0.25, 0.3) is 5.56 Å². The second-order valence-corrected chi connectivity index (χ2v) is 5.09. The molecule has 0 amide bonds. The Morgan fingerprint density at radius 1 is 1.19 bits per heavy atom. The van der Waals surface area contributed by atoms with Crippen LogP contribution in [0.25, 0.3) is 16.6 Å². The van der Waals surface area contributed by atoms with Gasteiger partial charge in [0.15, 0.2) is 0 Å². The van der Waals surface area contributed by atoms with Gasteiger partial charge in [-0.2, -0.15) is 0 Å². The van der Waals surface area contributed by atoms with Crippen molar-refractivity contribution in [2.45, 2.75) is 5.88 Å². The van der Waals surface area contributed by atoms with Crippen molar-refractivity contribution in [2.24, 2.45) is 0 Å². The molecule has 0 aliphatic heterocycles. The van der Waals surface area contributed by atoms with E-state index in [0.29, 0.717) is 22.1 Å². The first-order valence-electron chi connectivity index (χ1n) is 6.14. The van der Waals surface area contributed by atoms with E-state index in [-0.39, 0.29) is 11.3 Å². The lowest BCUT2D eigenvalue weighted by molar-refractivity contribution is 0.629. The second-order valence-electron chi connectivity index (χ2n) is 4.42. The van der Waals surface area contributed by atoms with Gasteiger partial charge < -0.3 is 0 Å². The zero-order chi connectivity index (χ0) is 15.0. The van der Waals surface area contributed by atoms with Crippen LogP contribution in [0.15, 0.2) is 47.3 Å². The summed E-state index contributed by atoms with van der Waals surface area (Å²) in [7, 11) is 0. The van der Waals surface area contributed by atoms with Gasteiger partial charge in [0.05, 0.1) is 27.5 Å². The molecule has 6 heteroatoms. The third-order valence-corrected chi connectivity index (χ3v) is 3.67. The molecule has 2 aromatic carbocycles. The van der Waals surface area contributed by atoms with Gasteiger partial charge in [-0.15, -0.1) is 11.6 Å². The first-order valence-corrected chi connectivity index (χ1v) is 7.05. The number of fused-ring (bicyclic) bond motifs is 1. The fourth-order valence-corrected chi connectivity index (χ4v) is 2.57. The molecule has 0 spiro atoms. The molecule has 1 heterocycles. The third kappa shape index (κ3) is 2.41. The Balaban J connectivity index is 2.44. The molecule has 0 radical (unpaired) electrons. The maximum atomic E-state index is 13.4. The van der Waals surface area contributed by atoms with Crippen LogP contribution in [-0.2, 0) is 5.88 Å². The van der Waals surface area contributed by atoms with Gasteiger partial charge in [-0.1, -0.05) is 23.7 Å². The minimum atomic E-state index is -0.495. The van der Waals surface area contributed by atoms with Crippen molar-refractivity contribution in [3.63, 3.8) is 0 Å². The average Bonchev–Trinajstić information content (AvgIpc) is 2.49. The third-order valence-electron chi connectivity index (χ3n) is 3.11. The topological polar surface area (TPSA) is 34.9 Å². The molecule has 106 valence electrons. The summed E-state index contributed by atoms with van der Waals surface area (Å²) in [5.41, 5.74) is 0.474. The Morgan fingerprint density at radius 3 is 2.67 bits per heavy atom. The van der Waals surface area contributed by atoms with E-state index >= 15 is 0 Å². The predicted octanol–water partition coefficient (Wildman–Crippen LogP) is 3.92. The van der Waals surface area contributed by atoms with Crippen LogP contribution in [0.5, 0.6) is 0 Å². The molecular weight excluding hydrogens is 314 g/mol. The lowest BCUT2D eigenvalue weighted by Gasteiger charge is -2.13. The molecule has 0 atom stereocenters. The number of hydrogen-bond donors (Lipinski definition) is 0. The highest BCUT2D eigenvalue weighted by Crippen LogP contribution is 2.21. The molecule has 0 saturated heterocycles. The summed E-state index contributed by atoms with van der Waals surface area (Å²) >= 11 is 12.0. The van der Waals surface area contributed by atoms with Crippen molar-refractivity contribution in [1.29, 1.82) is 0 Å². The van der Waals surface area contributed by atoms with Crippen molar-refractivity contribution in [1.82, 2.24) is 9.55 Å². The van der Waals surface area contributed by atoms with Gasteiger partial charge in [-0.25, -0.2) is 9.37 Å². The first kappa shape index (κ1) is 14.0. The highest BCUT2D eigenvalue weighted by atomic mass is 35.5. The maximum absolute atomic E-state index is 13.4. The van der Waals surface area contributed by atoms with Gasteiger partial charge in [0.1, 0.15) is 11.6 Å². The van der Waals surface area contributed by atoms with E-state index in [2.05, 4.69) is 4.98 Å². The fraction of sp³-hybridized carbons (Fsp3) is 0.0667. The Morgan fingerprint density at radius 2 is 1.95 bits per heavy atom. The quantitative estimate of drug-likeness (QED) is 0.670. The number of para-hydroxylation sites is 1. The number of rotatable bonds is 2. The number of hydrogen-bond acceptors (Lipinski definition) is 2. The van der Waals surface area contributed by atoms with Gasteiger partial charge in [0, 0.05) is 0 Å². The standard InChI is InChI=1S/C15H9Cl2FN2O/c16-8-14-19-12-6-5-9(18)7-10(12)15(21)20(14)13-4-2-1-3-11(13)17/h1-7H,8H2. The SMILES string of the molecule is O=c1c2cc(F)ccc2nc(CCl)n1-c1ccccc1Cl. The molecular formula is C15H9Cl2FN2O. The first-order chi connectivity index (χ1) is 10.1. The zero-order valence-corrected chi connectivity index (χ0v) is 12.2. The van der Waals surface area contributed by atoms with Crippen LogP contribution in [-0.4, -0.2) is 9.55 Å². The average molecular weight is 323 g/mol. The van der Waals surface area contributed by atoms with E-state index in [1.165, 1.54) is 16.7 Å². The number of aromatic nitrogens is 2. The predicted molar refractivity (Wildman–Crippen MR) is 81.9 cm³/mol. The Bertz CT molecular complexity index is 892. The summed E-state index contributed by atoms with van der Waals surface area (Å²) < 4.78 is 14.7. The Labute approximate surface area is 129 Å². The highest BCUT2D eigenvalue weighted by Gasteiger charge is 2.14. The maximum Gasteiger partial charge on any atom is 0.266 e. The molecule has 0 N–H and O–H groups in total. The van der Waals surface area contributed by atoms with Crippen molar-refractivity contribution in [3.8, 4) is 5.69 Å². The van der Waals surface area contributed by atoms with Crippen LogP contribution < -0.4 is 5.56 Å². The summed E-state index contributed by atoms with van der Waals surface area (Å²) in [6.07, 6.45) is 0. The lowest BCUT2D eigenvalue weighted by atomic mass is 10.2. The molecule has 0 fully saturated rings. The van der Waals surface area contributed by atoms with Crippen LogP contribution in [0.4, 0.5) is 4.39 Å². The molecule has 0 bridgehead atoms. The summed E-state index contributed by atoms with van der Waals surface area (Å²) in [6, 6.07) is 10.7. The van der Waals surface area contributed by atoms with Crippen molar-refractivity contribution in [2.75, 3.05) is 0 Å². The molecule has 3 aromatic rings. The van der Waals surface area contributed by atoms with E-state index in [0.717, 1.165) is 6.07 Å². The molecule has 0 aliphatic carbocycles. The van der Waals surface area contributed by atoms with Crippen LogP contribution in [0.3, 0.4) is 0 Å². The zero-order valence-electron chi connectivity index (χ0n) is 10.7. The largest absolute Gasteiger partial charge is 0.268 e. The summed E-state index contributed by atoms with van der Waals surface area (Å²) in [4.78, 5) is 17.0. The normalized spacial score (nSPS) is 11.0. The fourth-order valence-electron chi connectivity index (χ4n) is 2.17. The number of alkyl halides is 1. The van der Waals surface area contributed by atoms with Gasteiger partial charge in [-0.05, 0) is 30.3 Å². The summed E-state index contributed by atoms with van der Waals surface area (Å²) in [6.45, 7) is 0. The number of benzene rings is 2. The van der Waals surface area contributed by atoms with E-state index in [1.807, 2.05) is 0 Å². The highest BCUT2D eigenvalue weighted by molar-refractivity contribution is 6.32.